The maximum absolute atomic E-state index is 6.16. The van der Waals surface area contributed by atoms with Gasteiger partial charge in [0.1, 0.15) is 5.75 Å². The normalized spacial score (nSPS) is 11.2. The molecule has 0 spiro atoms. The molecule has 0 fully saturated rings. The highest BCUT2D eigenvalue weighted by Gasteiger charge is 2.05. The van der Waals surface area contributed by atoms with E-state index in [9.17, 15) is 0 Å². The van der Waals surface area contributed by atoms with E-state index in [2.05, 4.69) is 15.6 Å². The zero-order valence-electron chi connectivity index (χ0n) is 13.5. The second-order valence-electron chi connectivity index (χ2n) is 4.91. The standard InChI is InChI=1S/C18H22ClN3O/c1-3-23-17-11-7-5-9-15(17)13-22-18(20-2)21-12-14-8-4-6-10-16(14)19/h4-11H,3,12-13H2,1-2H3,(H2,20,21,22). The molecule has 5 heteroatoms. The Morgan fingerprint density at radius 1 is 1.00 bits per heavy atom. The molecule has 0 saturated carbocycles. The van der Waals surface area contributed by atoms with Gasteiger partial charge in [-0.05, 0) is 24.6 Å². The van der Waals surface area contributed by atoms with Crippen molar-refractivity contribution in [2.75, 3.05) is 13.7 Å². The highest BCUT2D eigenvalue weighted by molar-refractivity contribution is 6.31. The number of rotatable bonds is 6. The van der Waals surface area contributed by atoms with Gasteiger partial charge in [0.2, 0.25) is 0 Å². The van der Waals surface area contributed by atoms with E-state index in [1.54, 1.807) is 7.05 Å². The molecule has 4 nitrogen and oxygen atoms in total. The van der Waals surface area contributed by atoms with Crippen LogP contribution in [0.2, 0.25) is 5.02 Å². The van der Waals surface area contributed by atoms with Crippen LogP contribution in [0.15, 0.2) is 53.5 Å². The number of benzene rings is 2. The summed E-state index contributed by atoms with van der Waals surface area (Å²) in [6.07, 6.45) is 0. The average Bonchev–Trinajstić information content (AvgIpc) is 2.58. The molecule has 2 N–H and O–H groups in total. The lowest BCUT2D eigenvalue weighted by molar-refractivity contribution is 0.336. The molecule has 0 saturated heterocycles. The van der Waals surface area contributed by atoms with Gasteiger partial charge < -0.3 is 15.4 Å². The Hall–Kier alpha value is -2.20. The molecule has 0 heterocycles. The van der Waals surface area contributed by atoms with Gasteiger partial charge in [0.15, 0.2) is 5.96 Å². The average molecular weight is 332 g/mol. The Labute approximate surface area is 142 Å². The van der Waals surface area contributed by atoms with Crippen LogP contribution in [0.5, 0.6) is 5.75 Å². The molecule has 122 valence electrons. The van der Waals surface area contributed by atoms with Crippen molar-refractivity contribution >= 4 is 17.6 Å². The third kappa shape index (κ3) is 5.18. The molecule has 2 rings (SSSR count). The number of halogens is 1. The SMILES string of the molecule is CCOc1ccccc1CNC(=NC)NCc1ccccc1Cl. The minimum Gasteiger partial charge on any atom is -0.494 e. The van der Waals surface area contributed by atoms with E-state index in [0.29, 0.717) is 19.7 Å². The van der Waals surface area contributed by atoms with E-state index in [0.717, 1.165) is 27.9 Å². The number of hydrogen-bond acceptors (Lipinski definition) is 2. The first-order chi connectivity index (χ1) is 11.2. The Balaban J connectivity index is 1.92. The lowest BCUT2D eigenvalue weighted by Gasteiger charge is -2.14. The van der Waals surface area contributed by atoms with Gasteiger partial charge in [0.05, 0.1) is 6.61 Å². The van der Waals surface area contributed by atoms with E-state index in [4.69, 9.17) is 16.3 Å². The van der Waals surface area contributed by atoms with Crippen molar-refractivity contribution in [3.8, 4) is 5.75 Å². The number of nitrogens with one attached hydrogen (secondary N) is 2. The molecular formula is C18H22ClN3O. The van der Waals surface area contributed by atoms with Crippen LogP contribution in [0, 0.1) is 0 Å². The first kappa shape index (κ1) is 17.2. The predicted octanol–water partition coefficient (Wildman–Crippen LogP) is 3.60. The monoisotopic (exact) mass is 331 g/mol. The summed E-state index contributed by atoms with van der Waals surface area (Å²) in [7, 11) is 1.75. The van der Waals surface area contributed by atoms with Gasteiger partial charge >= 0.3 is 0 Å². The predicted molar refractivity (Wildman–Crippen MR) is 96.1 cm³/mol. The number of hydrogen-bond donors (Lipinski definition) is 2. The van der Waals surface area contributed by atoms with Gasteiger partial charge in [0, 0.05) is 30.7 Å². The molecule has 0 aliphatic rings. The molecule has 23 heavy (non-hydrogen) atoms. The molecule has 0 atom stereocenters. The Morgan fingerprint density at radius 3 is 2.26 bits per heavy atom. The smallest absolute Gasteiger partial charge is 0.191 e. The summed E-state index contributed by atoms with van der Waals surface area (Å²) in [6.45, 7) is 3.88. The first-order valence-corrected chi connectivity index (χ1v) is 8.01. The number of guanidine groups is 1. The quantitative estimate of drug-likeness (QED) is 0.628. The minimum absolute atomic E-state index is 0.618. The lowest BCUT2D eigenvalue weighted by Crippen LogP contribution is -2.36. The van der Waals surface area contributed by atoms with Crippen LogP contribution in [-0.2, 0) is 13.1 Å². The van der Waals surface area contributed by atoms with E-state index in [-0.39, 0.29) is 0 Å². The number of nitrogens with zero attached hydrogens (tertiary/aromatic N) is 1. The highest BCUT2D eigenvalue weighted by atomic mass is 35.5. The van der Waals surface area contributed by atoms with Gasteiger partial charge in [-0.1, -0.05) is 48.0 Å². The topological polar surface area (TPSA) is 45.6 Å². The van der Waals surface area contributed by atoms with Gasteiger partial charge in [-0.2, -0.15) is 0 Å². The lowest BCUT2D eigenvalue weighted by atomic mass is 10.2. The van der Waals surface area contributed by atoms with E-state index < -0.39 is 0 Å². The molecule has 0 bridgehead atoms. The van der Waals surface area contributed by atoms with Crippen molar-refractivity contribution in [1.29, 1.82) is 0 Å². The van der Waals surface area contributed by atoms with Crippen LogP contribution in [0.1, 0.15) is 18.1 Å². The van der Waals surface area contributed by atoms with Crippen molar-refractivity contribution in [1.82, 2.24) is 10.6 Å². The zero-order valence-corrected chi connectivity index (χ0v) is 14.2. The van der Waals surface area contributed by atoms with Crippen LogP contribution in [-0.4, -0.2) is 19.6 Å². The zero-order chi connectivity index (χ0) is 16.5. The minimum atomic E-state index is 0.618. The van der Waals surface area contributed by atoms with E-state index >= 15 is 0 Å². The fraction of sp³-hybridized carbons (Fsp3) is 0.278. The first-order valence-electron chi connectivity index (χ1n) is 7.63. The Bertz CT molecular complexity index is 658. The Kier molecular flexibility index (Phi) is 6.76. The van der Waals surface area contributed by atoms with Gasteiger partial charge in [0.25, 0.3) is 0 Å². The summed E-state index contributed by atoms with van der Waals surface area (Å²) in [5, 5.41) is 7.30. The fourth-order valence-electron chi connectivity index (χ4n) is 2.17. The molecule has 2 aromatic carbocycles. The molecule has 0 unspecified atom stereocenters. The fourth-order valence-corrected chi connectivity index (χ4v) is 2.37. The summed E-state index contributed by atoms with van der Waals surface area (Å²) in [4.78, 5) is 4.23. The van der Waals surface area contributed by atoms with Crippen molar-refractivity contribution in [3.05, 3.63) is 64.7 Å². The van der Waals surface area contributed by atoms with Crippen molar-refractivity contribution < 1.29 is 4.74 Å². The van der Waals surface area contributed by atoms with Crippen LogP contribution >= 0.6 is 11.6 Å². The number of ether oxygens (including phenoxy) is 1. The second-order valence-corrected chi connectivity index (χ2v) is 5.32. The highest BCUT2D eigenvalue weighted by Crippen LogP contribution is 2.17. The summed E-state index contributed by atoms with van der Waals surface area (Å²) in [5.74, 6) is 1.61. The molecule has 0 aromatic heterocycles. The van der Waals surface area contributed by atoms with Gasteiger partial charge in [-0.15, -0.1) is 0 Å². The van der Waals surface area contributed by atoms with Gasteiger partial charge in [-0.3, -0.25) is 4.99 Å². The molecule has 0 radical (unpaired) electrons. The van der Waals surface area contributed by atoms with Crippen LogP contribution in [0.4, 0.5) is 0 Å². The maximum Gasteiger partial charge on any atom is 0.191 e. The molecule has 0 amide bonds. The summed E-state index contributed by atoms with van der Waals surface area (Å²) >= 11 is 6.16. The molecule has 2 aromatic rings. The van der Waals surface area contributed by atoms with Crippen molar-refractivity contribution in [3.63, 3.8) is 0 Å². The molecule has 0 aliphatic heterocycles. The molecular weight excluding hydrogens is 310 g/mol. The molecule has 0 aliphatic carbocycles. The Morgan fingerprint density at radius 2 is 1.61 bits per heavy atom. The number of aliphatic imine (C=N–C) groups is 1. The largest absolute Gasteiger partial charge is 0.494 e. The third-order valence-corrected chi connectivity index (χ3v) is 3.72. The van der Waals surface area contributed by atoms with Crippen LogP contribution in [0.25, 0.3) is 0 Å². The third-order valence-electron chi connectivity index (χ3n) is 3.35. The van der Waals surface area contributed by atoms with E-state index in [1.165, 1.54) is 0 Å². The van der Waals surface area contributed by atoms with Gasteiger partial charge in [-0.25, -0.2) is 0 Å². The van der Waals surface area contributed by atoms with E-state index in [1.807, 2.05) is 55.5 Å². The number of para-hydroxylation sites is 1. The second kappa shape index (κ2) is 9.06. The van der Waals surface area contributed by atoms with Crippen LogP contribution < -0.4 is 15.4 Å². The van der Waals surface area contributed by atoms with Crippen LogP contribution in [0.3, 0.4) is 0 Å². The summed E-state index contributed by atoms with van der Waals surface area (Å²) < 4.78 is 5.63. The van der Waals surface area contributed by atoms with Crippen molar-refractivity contribution in [2.45, 2.75) is 20.0 Å². The maximum atomic E-state index is 6.16. The summed E-state index contributed by atoms with van der Waals surface area (Å²) in [5.41, 5.74) is 2.13. The van der Waals surface area contributed by atoms with Crippen molar-refractivity contribution in [2.24, 2.45) is 4.99 Å². The summed E-state index contributed by atoms with van der Waals surface area (Å²) in [6, 6.07) is 15.7.